The van der Waals surface area contributed by atoms with Crippen molar-refractivity contribution in [3.63, 3.8) is 0 Å². The van der Waals surface area contributed by atoms with Crippen molar-refractivity contribution in [2.75, 3.05) is 5.73 Å². The highest BCUT2D eigenvalue weighted by Gasteiger charge is 2.12. The first-order valence-electron chi connectivity index (χ1n) is 5.76. The first-order valence-corrected chi connectivity index (χ1v) is 7.35. The molecule has 1 heterocycles. The Kier molecular flexibility index (Phi) is 3.11. The van der Waals surface area contributed by atoms with Gasteiger partial charge >= 0.3 is 0 Å². The molecule has 0 bridgehead atoms. The molecule has 3 nitrogen and oxygen atoms in total. The third-order valence-corrected chi connectivity index (χ3v) is 4.41. The number of nitrogens with zero attached hydrogens (tertiary/aromatic N) is 1. The second kappa shape index (κ2) is 4.65. The van der Waals surface area contributed by atoms with Crippen LogP contribution in [0.3, 0.4) is 0 Å². The summed E-state index contributed by atoms with van der Waals surface area (Å²) in [5.41, 5.74) is 10.7. The molecule has 0 unspecified atom stereocenters. The minimum Gasteiger partial charge on any atom is -0.398 e. The zero-order valence-corrected chi connectivity index (χ0v) is 13.3. The summed E-state index contributed by atoms with van der Waals surface area (Å²) in [5, 5.41) is 0. The van der Waals surface area contributed by atoms with Gasteiger partial charge in [-0.2, -0.15) is 0 Å². The summed E-state index contributed by atoms with van der Waals surface area (Å²) in [5.74, 6) is 0.841. The largest absolute Gasteiger partial charge is 0.398 e. The Labute approximate surface area is 127 Å². The fraction of sp³-hybridized carbons (Fsp3) is 0.0714. The molecule has 3 N–H and O–H groups in total. The topological polar surface area (TPSA) is 54.7 Å². The van der Waals surface area contributed by atoms with Crippen molar-refractivity contribution in [3.05, 3.63) is 44.8 Å². The number of hydrogen-bond acceptors (Lipinski definition) is 2. The van der Waals surface area contributed by atoms with Crippen LogP contribution in [0.5, 0.6) is 0 Å². The molecule has 5 heteroatoms. The molecule has 0 radical (unpaired) electrons. The standard InChI is InChI=1S/C14H11Br2N3/c1-7-6-10-13(11(16)12(7)17)19-14(18-10)8-2-4-9(15)5-3-8/h2-6H,17H2,1H3,(H,18,19). The number of rotatable bonds is 1. The number of aromatic nitrogens is 2. The van der Waals surface area contributed by atoms with Crippen LogP contribution < -0.4 is 5.73 Å². The Morgan fingerprint density at radius 1 is 1.16 bits per heavy atom. The monoisotopic (exact) mass is 379 g/mol. The third-order valence-electron chi connectivity index (χ3n) is 3.08. The van der Waals surface area contributed by atoms with E-state index in [1.807, 2.05) is 37.3 Å². The second-order valence-electron chi connectivity index (χ2n) is 4.41. The molecule has 0 saturated carbocycles. The van der Waals surface area contributed by atoms with E-state index in [2.05, 4.69) is 41.8 Å². The van der Waals surface area contributed by atoms with Crippen molar-refractivity contribution in [1.29, 1.82) is 0 Å². The van der Waals surface area contributed by atoms with E-state index in [9.17, 15) is 0 Å². The zero-order chi connectivity index (χ0) is 13.6. The molecule has 3 aromatic rings. The maximum absolute atomic E-state index is 6.01. The van der Waals surface area contributed by atoms with Gasteiger partial charge < -0.3 is 10.7 Å². The van der Waals surface area contributed by atoms with Crippen LogP contribution in [0.2, 0.25) is 0 Å². The highest BCUT2D eigenvalue weighted by Crippen LogP contribution is 2.33. The zero-order valence-electron chi connectivity index (χ0n) is 10.2. The highest BCUT2D eigenvalue weighted by atomic mass is 79.9. The average molecular weight is 381 g/mol. The van der Waals surface area contributed by atoms with Gasteiger partial charge in [0, 0.05) is 10.0 Å². The highest BCUT2D eigenvalue weighted by molar-refractivity contribution is 9.11. The van der Waals surface area contributed by atoms with Gasteiger partial charge in [-0.15, -0.1) is 0 Å². The van der Waals surface area contributed by atoms with Crippen LogP contribution in [0.4, 0.5) is 5.69 Å². The Balaban J connectivity index is 2.22. The van der Waals surface area contributed by atoms with E-state index in [-0.39, 0.29) is 0 Å². The van der Waals surface area contributed by atoms with Crippen molar-refractivity contribution in [2.24, 2.45) is 0 Å². The van der Waals surface area contributed by atoms with Crippen LogP contribution in [-0.4, -0.2) is 9.97 Å². The Bertz CT molecular complexity index is 760. The number of fused-ring (bicyclic) bond motifs is 1. The van der Waals surface area contributed by atoms with Gasteiger partial charge in [0.25, 0.3) is 0 Å². The number of nitrogens with one attached hydrogen (secondary N) is 1. The van der Waals surface area contributed by atoms with E-state index in [0.717, 1.165) is 42.6 Å². The molecule has 3 rings (SSSR count). The van der Waals surface area contributed by atoms with E-state index in [0.29, 0.717) is 0 Å². The first kappa shape index (κ1) is 12.7. The smallest absolute Gasteiger partial charge is 0.138 e. The van der Waals surface area contributed by atoms with Crippen LogP contribution in [0.25, 0.3) is 22.4 Å². The average Bonchev–Trinajstić information content (AvgIpc) is 2.81. The maximum Gasteiger partial charge on any atom is 0.138 e. The summed E-state index contributed by atoms with van der Waals surface area (Å²) < 4.78 is 1.90. The van der Waals surface area contributed by atoms with Gasteiger partial charge in [0.2, 0.25) is 0 Å². The summed E-state index contributed by atoms with van der Waals surface area (Å²) in [6.45, 7) is 1.99. The van der Waals surface area contributed by atoms with Gasteiger partial charge in [-0.25, -0.2) is 4.98 Å². The SMILES string of the molecule is Cc1cc2[nH]c(-c3ccc(Br)cc3)nc2c(Br)c1N. The van der Waals surface area contributed by atoms with Crippen molar-refractivity contribution >= 4 is 48.6 Å². The summed E-state index contributed by atoms with van der Waals surface area (Å²) in [4.78, 5) is 7.94. The number of hydrogen-bond donors (Lipinski definition) is 2. The van der Waals surface area contributed by atoms with Crippen LogP contribution in [-0.2, 0) is 0 Å². The van der Waals surface area contributed by atoms with Gasteiger partial charge in [0.1, 0.15) is 11.3 Å². The number of aryl methyl sites for hydroxylation is 1. The predicted molar refractivity (Wildman–Crippen MR) is 86.1 cm³/mol. The molecule has 0 spiro atoms. The van der Waals surface area contributed by atoms with Gasteiger partial charge in [0.15, 0.2) is 0 Å². The second-order valence-corrected chi connectivity index (χ2v) is 6.12. The van der Waals surface area contributed by atoms with Crippen LogP contribution in [0.1, 0.15) is 5.56 Å². The molecule has 0 atom stereocenters. The predicted octanol–water partition coefficient (Wildman–Crippen LogP) is 4.65. The van der Waals surface area contributed by atoms with Crippen molar-refractivity contribution < 1.29 is 0 Å². The molecular weight excluding hydrogens is 370 g/mol. The molecule has 0 aliphatic carbocycles. The molecule has 1 aromatic heterocycles. The van der Waals surface area contributed by atoms with Gasteiger partial charge in [0.05, 0.1) is 15.7 Å². The Morgan fingerprint density at radius 2 is 1.84 bits per heavy atom. The molecule has 96 valence electrons. The van der Waals surface area contributed by atoms with E-state index in [1.54, 1.807) is 0 Å². The fourth-order valence-electron chi connectivity index (χ4n) is 2.00. The lowest BCUT2D eigenvalue weighted by atomic mass is 10.2. The number of anilines is 1. The Morgan fingerprint density at radius 3 is 2.53 bits per heavy atom. The number of imidazole rings is 1. The Hall–Kier alpha value is -1.33. The molecule has 19 heavy (non-hydrogen) atoms. The minimum absolute atomic E-state index is 0.737. The van der Waals surface area contributed by atoms with E-state index in [4.69, 9.17) is 5.73 Å². The number of nitrogen functional groups attached to an aromatic ring is 1. The summed E-state index contributed by atoms with van der Waals surface area (Å²) in [6.07, 6.45) is 0. The van der Waals surface area contributed by atoms with Crippen LogP contribution in [0.15, 0.2) is 39.3 Å². The molecule has 0 fully saturated rings. The molecular formula is C14H11Br2N3. The summed E-state index contributed by atoms with van der Waals surface area (Å²) in [7, 11) is 0. The lowest BCUT2D eigenvalue weighted by molar-refractivity contribution is 1.33. The van der Waals surface area contributed by atoms with Crippen molar-refractivity contribution in [3.8, 4) is 11.4 Å². The lowest BCUT2D eigenvalue weighted by Crippen LogP contribution is -1.91. The normalized spacial score (nSPS) is 11.1. The minimum atomic E-state index is 0.737. The number of benzene rings is 2. The van der Waals surface area contributed by atoms with Gasteiger partial charge in [-0.05, 0) is 46.6 Å². The van der Waals surface area contributed by atoms with Crippen molar-refractivity contribution in [1.82, 2.24) is 9.97 Å². The number of nitrogens with two attached hydrogens (primary N) is 1. The molecule has 0 amide bonds. The van der Waals surface area contributed by atoms with Gasteiger partial charge in [-0.3, -0.25) is 0 Å². The van der Waals surface area contributed by atoms with E-state index < -0.39 is 0 Å². The summed E-state index contributed by atoms with van der Waals surface area (Å²) >= 11 is 6.94. The van der Waals surface area contributed by atoms with Crippen LogP contribution >= 0.6 is 31.9 Å². The number of halogens is 2. The van der Waals surface area contributed by atoms with Gasteiger partial charge in [-0.1, -0.05) is 28.1 Å². The van der Waals surface area contributed by atoms with Crippen molar-refractivity contribution in [2.45, 2.75) is 6.92 Å². The molecule has 0 aliphatic heterocycles. The number of H-pyrrole nitrogens is 1. The molecule has 2 aromatic carbocycles. The summed E-state index contributed by atoms with van der Waals surface area (Å²) in [6, 6.07) is 10.1. The van der Waals surface area contributed by atoms with E-state index in [1.165, 1.54) is 0 Å². The third kappa shape index (κ3) is 2.17. The molecule has 0 aliphatic rings. The van der Waals surface area contributed by atoms with E-state index >= 15 is 0 Å². The van der Waals surface area contributed by atoms with Crippen LogP contribution in [0, 0.1) is 6.92 Å². The fourth-order valence-corrected chi connectivity index (χ4v) is 2.88. The first-order chi connectivity index (χ1) is 9.06. The quantitative estimate of drug-likeness (QED) is 0.604. The maximum atomic E-state index is 6.01. The number of aromatic amines is 1. The molecule has 0 saturated heterocycles. The lowest BCUT2D eigenvalue weighted by Gasteiger charge is -2.02.